The van der Waals surface area contributed by atoms with Crippen LogP contribution in [0.15, 0.2) is 35.8 Å². The first-order chi connectivity index (χ1) is 15.7. The number of nitrogens with zero attached hydrogens (tertiary/aromatic N) is 4. The van der Waals surface area contributed by atoms with Crippen LogP contribution in [-0.4, -0.2) is 64.9 Å². The molecule has 1 N–H and O–H groups in total. The van der Waals surface area contributed by atoms with Gasteiger partial charge in [0, 0.05) is 30.8 Å². The van der Waals surface area contributed by atoms with Gasteiger partial charge in [0.25, 0.3) is 5.91 Å². The SMILES string of the molecule is CCN(CC)C(=O)c1ccc(-c2cc(NCCCN3CCCCC3)c3scnc3n2)cc1. The number of hydrogen-bond donors (Lipinski definition) is 1. The minimum atomic E-state index is 0.0699. The molecule has 1 amide bonds. The van der Waals surface area contributed by atoms with Gasteiger partial charge in [-0.15, -0.1) is 11.3 Å². The molecular weight excluding hydrogens is 418 g/mol. The van der Waals surface area contributed by atoms with Gasteiger partial charge in [0.2, 0.25) is 0 Å². The molecule has 3 aromatic rings. The van der Waals surface area contributed by atoms with Gasteiger partial charge in [-0.25, -0.2) is 9.97 Å². The summed E-state index contributed by atoms with van der Waals surface area (Å²) >= 11 is 1.62. The van der Waals surface area contributed by atoms with Crippen molar-refractivity contribution in [2.45, 2.75) is 39.5 Å². The van der Waals surface area contributed by atoms with E-state index in [1.54, 1.807) is 11.3 Å². The second-order valence-corrected chi connectivity index (χ2v) is 9.15. The first-order valence-corrected chi connectivity index (χ1v) is 12.7. The highest BCUT2D eigenvalue weighted by molar-refractivity contribution is 7.17. The molecule has 0 radical (unpaired) electrons. The van der Waals surface area contributed by atoms with Crippen molar-refractivity contribution in [3.8, 4) is 11.3 Å². The fourth-order valence-electron chi connectivity index (χ4n) is 4.32. The van der Waals surface area contributed by atoms with Gasteiger partial charge in [0.05, 0.1) is 21.6 Å². The van der Waals surface area contributed by atoms with E-state index in [1.807, 2.05) is 48.5 Å². The van der Waals surface area contributed by atoms with Gasteiger partial charge >= 0.3 is 0 Å². The maximum atomic E-state index is 12.6. The van der Waals surface area contributed by atoms with E-state index < -0.39 is 0 Å². The smallest absolute Gasteiger partial charge is 0.253 e. The van der Waals surface area contributed by atoms with Gasteiger partial charge in [-0.05, 0) is 70.9 Å². The van der Waals surface area contributed by atoms with Crippen molar-refractivity contribution < 1.29 is 4.79 Å². The summed E-state index contributed by atoms with van der Waals surface area (Å²) in [6.07, 6.45) is 5.17. The fourth-order valence-corrected chi connectivity index (χ4v) is 5.04. The highest BCUT2D eigenvalue weighted by atomic mass is 32.1. The Morgan fingerprint density at radius 3 is 2.59 bits per heavy atom. The Labute approximate surface area is 194 Å². The van der Waals surface area contributed by atoms with Gasteiger partial charge in [-0.1, -0.05) is 18.6 Å². The van der Waals surface area contributed by atoms with Crippen LogP contribution in [0.5, 0.6) is 0 Å². The van der Waals surface area contributed by atoms with Crippen LogP contribution in [0.1, 0.15) is 49.9 Å². The van der Waals surface area contributed by atoms with Gasteiger partial charge in [0.1, 0.15) is 0 Å². The number of nitrogens with one attached hydrogen (secondary N) is 1. The van der Waals surface area contributed by atoms with Crippen LogP contribution < -0.4 is 5.32 Å². The number of aromatic nitrogens is 2. The molecule has 7 heteroatoms. The van der Waals surface area contributed by atoms with E-state index in [0.717, 1.165) is 46.8 Å². The van der Waals surface area contributed by atoms with Crippen molar-refractivity contribution >= 4 is 33.3 Å². The standard InChI is InChI=1S/C25H33N5OS/c1-3-30(4-2)25(31)20-11-9-19(10-12-20)21-17-22(23-24(28-21)27-18-32-23)26-13-8-16-29-14-6-5-7-15-29/h9-12,17-18H,3-8,13-16H2,1-2H3,(H,26,28). The van der Waals surface area contributed by atoms with Gasteiger partial charge in [0.15, 0.2) is 5.65 Å². The lowest BCUT2D eigenvalue weighted by Crippen LogP contribution is -2.31. The van der Waals surface area contributed by atoms with Crippen LogP contribution >= 0.6 is 11.3 Å². The normalized spacial score (nSPS) is 14.6. The van der Waals surface area contributed by atoms with Gasteiger partial charge < -0.3 is 15.1 Å². The molecule has 1 aliphatic rings. The van der Waals surface area contributed by atoms with Crippen LogP contribution in [-0.2, 0) is 0 Å². The number of rotatable bonds is 9. The Kier molecular flexibility index (Phi) is 7.71. The number of pyridine rings is 1. The Balaban J connectivity index is 1.46. The lowest BCUT2D eigenvalue weighted by Gasteiger charge is -2.26. The Hall–Kier alpha value is -2.51. The number of benzene rings is 1. The predicted molar refractivity (Wildman–Crippen MR) is 134 cm³/mol. The van der Waals surface area contributed by atoms with Crippen molar-refractivity contribution in [2.24, 2.45) is 0 Å². The van der Waals surface area contributed by atoms with Crippen LogP contribution in [0.25, 0.3) is 21.6 Å². The molecule has 0 aliphatic carbocycles. The number of carbonyl (C=O) groups is 1. The molecule has 6 nitrogen and oxygen atoms in total. The Bertz CT molecular complexity index is 1020. The molecule has 1 saturated heterocycles. The first kappa shape index (κ1) is 22.7. The van der Waals surface area contributed by atoms with Gasteiger partial charge in [-0.3, -0.25) is 4.79 Å². The van der Waals surface area contributed by atoms with Crippen LogP contribution in [0, 0.1) is 0 Å². The average molecular weight is 452 g/mol. The third-order valence-corrected chi connectivity index (χ3v) is 7.04. The van der Waals surface area contributed by atoms with Gasteiger partial charge in [-0.2, -0.15) is 0 Å². The largest absolute Gasteiger partial charge is 0.384 e. The zero-order valence-corrected chi connectivity index (χ0v) is 20.0. The van der Waals surface area contributed by atoms with E-state index in [9.17, 15) is 4.79 Å². The highest BCUT2D eigenvalue weighted by Gasteiger charge is 2.14. The minimum Gasteiger partial charge on any atom is -0.384 e. The van der Waals surface area contributed by atoms with E-state index in [2.05, 4.69) is 21.3 Å². The molecule has 3 heterocycles. The van der Waals surface area contributed by atoms with Crippen molar-refractivity contribution in [1.29, 1.82) is 0 Å². The summed E-state index contributed by atoms with van der Waals surface area (Å²) in [4.78, 5) is 26.2. The van der Waals surface area contributed by atoms with E-state index in [0.29, 0.717) is 18.7 Å². The Morgan fingerprint density at radius 2 is 1.88 bits per heavy atom. The highest BCUT2D eigenvalue weighted by Crippen LogP contribution is 2.30. The van der Waals surface area contributed by atoms with Crippen LogP contribution in [0.3, 0.4) is 0 Å². The van der Waals surface area contributed by atoms with Crippen LogP contribution in [0.4, 0.5) is 5.69 Å². The molecule has 0 spiro atoms. The quantitative estimate of drug-likeness (QED) is 0.457. The second kappa shape index (κ2) is 10.9. The van der Waals surface area contributed by atoms with Crippen LogP contribution in [0.2, 0.25) is 0 Å². The third kappa shape index (κ3) is 5.27. The maximum absolute atomic E-state index is 12.6. The molecule has 2 aromatic heterocycles. The zero-order chi connectivity index (χ0) is 22.3. The minimum absolute atomic E-state index is 0.0699. The molecular formula is C25H33N5OS. The number of hydrogen-bond acceptors (Lipinski definition) is 6. The summed E-state index contributed by atoms with van der Waals surface area (Å²) in [5, 5.41) is 3.63. The van der Waals surface area contributed by atoms with E-state index in [1.165, 1.54) is 32.4 Å². The monoisotopic (exact) mass is 451 g/mol. The molecule has 170 valence electrons. The fraction of sp³-hybridized carbons (Fsp3) is 0.480. The third-order valence-electron chi connectivity index (χ3n) is 6.19. The number of amides is 1. The number of anilines is 1. The van der Waals surface area contributed by atoms with Crippen molar-refractivity contribution in [1.82, 2.24) is 19.8 Å². The molecule has 0 bridgehead atoms. The molecule has 0 unspecified atom stereocenters. The van der Waals surface area contributed by atoms with Crippen molar-refractivity contribution in [2.75, 3.05) is 44.6 Å². The van der Waals surface area contributed by atoms with Crippen molar-refractivity contribution in [3.05, 3.63) is 41.4 Å². The number of carbonyl (C=O) groups excluding carboxylic acids is 1. The number of likely N-dealkylation sites (tertiary alicyclic amines) is 1. The lowest BCUT2D eigenvalue weighted by molar-refractivity contribution is 0.0773. The number of fused-ring (bicyclic) bond motifs is 1. The first-order valence-electron chi connectivity index (χ1n) is 11.8. The predicted octanol–water partition coefficient (Wildman–Crippen LogP) is 5.13. The second-order valence-electron chi connectivity index (χ2n) is 8.30. The molecule has 1 aromatic carbocycles. The van der Waals surface area contributed by atoms with Crippen molar-refractivity contribution in [3.63, 3.8) is 0 Å². The number of thiazole rings is 1. The summed E-state index contributed by atoms with van der Waals surface area (Å²) in [5.74, 6) is 0.0699. The zero-order valence-electron chi connectivity index (χ0n) is 19.1. The van der Waals surface area contributed by atoms with E-state index >= 15 is 0 Å². The summed E-state index contributed by atoms with van der Waals surface area (Å²) in [6, 6.07) is 9.88. The molecule has 1 fully saturated rings. The Morgan fingerprint density at radius 1 is 1.12 bits per heavy atom. The number of piperidine rings is 1. The summed E-state index contributed by atoms with van der Waals surface area (Å²) < 4.78 is 1.10. The van der Waals surface area contributed by atoms with E-state index in [-0.39, 0.29) is 5.91 Å². The average Bonchev–Trinajstić information content (AvgIpc) is 3.32. The molecule has 0 atom stereocenters. The lowest BCUT2D eigenvalue weighted by atomic mass is 10.1. The molecule has 32 heavy (non-hydrogen) atoms. The molecule has 1 aliphatic heterocycles. The topological polar surface area (TPSA) is 61.4 Å². The van der Waals surface area contributed by atoms with E-state index in [4.69, 9.17) is 4.98 Å². The summed E-state index contributed by atoms with van der Waals surface area (Å²) in [6.45, 7) is 10.0. The summed E-state index contributed by atoms with van der Waals surface area (Å²) in [7, 11) is 0. The molecule has 0 saturated carbocycles. The molecule has 4 rings (SSSR count). The maximum Gasteiger partial charge on any atom is 0.253 e. The summed E-state index contributed by atoms with van der Waals surface area (Å²) in [5.41, 5.74) is 6.30.